The molecule has 9 nitrogen and oxygen atoms in total. The summed E-state index contributed by atoms with van der Waals surface area (Å²) in [7, 11) is 1.16. The number of hydrogen-bond donors (Lipinski definition) is 0. The van der Waals surface area contributed by atoms with Gasteiger partial charge < -0.3 is 27.9 Å². The fraction of sp³-hybridized carbons (Fsp3) is 0.722. The zero-order chi connectivity index (χ0) is 59.8. The van der Waals surface area contributed by atoms with Crippen LogP contribution in [0.5, 0.6) is 0 Å². The number of rotatable bonds is 61. The fourth-order valence-corrected chi connectivity index (χ4v) is 9.91. The second-order valence-electron chi connectivity index (χ2n) is 23.5. The summed E-state index contributed by atoms with van der Waals surface area (Å²) in [6, 6.07) is 0. The molecule has 0 aliphatic carbocycles. The number of nitrogens with zero attached hydrogens (tertiary/aromatic N) is 1. The summed E-state index contributed by atoms with van der Waals surface area (Å²) in [4.78, 5) is 38.0. The Balaban J connectivity index is 4.07. The maximum Gasteiger partial charge on any atom is 0.306 e. The van der Waals surface area contributed by atoms with Gasteiger partial charge in [-0.05, 0) is 83.5 Å². The van der Waals surface area contributed by atoms with Crippen molar-refractivity contribution in [1.29, 1.82) is 0 Å². The van der Waals surface area contributed by atoms with E-state index in [0.29, 0.717) is 17.4 Å². The van der Waals surface area contributed by atoms with E-state index in [4.69, 9.17) is 18.5 Å². The smallest absolute Gasteiger partial charge is 0.306 e. The van der Waals surface area contributed by atoms with Crippen molar-refractivity contribution in [2.24, 2.45) is 0 Å². The molecule has 0 bridgehead atoms. The number of hydrogen-bond acceptors (Lipinski definition) is 8. The number of ether oxygens (including phenoxy) is 2. The predicted molar refractivity (Wildman–Crippen MR) is 351 cm³/mol. The van der Waals surface area contributed by atoms with Crippen LogP contribution in [0, 0.1) is 0 Å². The van der Waals surface area contributed by atoms with Crippen LogP contribution < -0.4 is 4.89 Å². The number of quaternary nitrogens is 1. The Kier molecular flexibility index (Phi) is 59.7. The molecular weight excluding hydrogens is 1040 g/mol. The lowest BCUT2D eigenvalue weighted by Crippen LogP contribution is -2.37. The highest BCUT2D eigenvalue weighted by Gasteiger charge is 2.22. The summed E-state index contributed by atoms with van der Waals surface area (Å²) < 4.78 is 34.3. The zero-order valence-electron chi connectivity index (χ0n) is 53.7. The number of esters is 2. The second-order valence-corrected chi connectivity index (χ2v) is 24.9. The number of allylic oxidation sites excluding steroid dienone is 18. The van der Waals surface area contributed by atoms with Gasteiger partial charge in [-0.1, -0.05) is 297 Å². The van der Waals surface area contributed by atoms with Gasteiger partial charge in [-0.3, -0.25) is 14.2 Å². The van der Waals surface area contributed by atoms with E-state index in [0.717, 1.165) is 103 Å². The number of likely N-dealkylation sites (N-methyl/N-ethyl adjacent to an activating group) is 1. The van der Waals surface area contributed by atoms with Crippen LogP contribution in [0.25, 0.3) is 0 Å². The lowest BCUT2D eigenvalue weighted by Gasteiger charge is -2.28. The first-order valence-corrected chi connectivity index (χ1v) is 35.1. The topological polar surface area (TPSA) is 111 Å². The molecule has 0 saturated heterocycles. The molecule has 0 N–H and O–H groups in total. The van der Waals surface area contributed by atoms with Gasteiger partial charge in [0.15, 0.2) is 6.10 Å². The second kappa shape index (κ2) is 62.2. The molecule has 82 heavy (non-hydrogen) atoms. The molecule has 472 valence electrons. The van der Waals surface area contributed by atoms with E-state index < -0.39 is 26.5 Å². The third kappa shape index (κ3) is 65.8. The Bertz CT molecular complexity index is 1750. The molecule has 0 aliphatic rings. The summed E-state index contributed by atoms with van der Waals surface area (Å²) in [5, 5.41) is 0. The van der Waals surface area contributed by atoms with Gasteiger partial charge >= 0.3 is 11.9 Å². The largest absolute Gasteiger partial charge is 0.756 e. The van der Waals surface area contributed by atoms with E-state index in [1.807, 2.05) is 21.1 Å². The van der Waals surface area contributed by atoms with Gasteiger partial charge in [0, 0.05) is 12.8 Å². The van der Waals surface area contributed by atoms with Crippen molar-refractivity contribution in [3.8, 4) is 0 Å². The van der Waals surface area contributed by atoms with E-state index in [-0.39, 0.29) is 32.0 Å². The third-order valence-corrected chi connectivity index (χ3v) is 15.3. The molecule has 10 heteroatoms. The van der Waals surface area contributed by atoms with Gasteiger partial charge in [0.05, 0.1) is 27.7 Å². The number of unbranched alkanes of at least 4 members (excludes halogenated alkanes) is 29. The van der Waals surface area contributed by atoms with Gasteiger partial charge in [0.2, 0.25) is 0 Å². The van der Waals surface area contributed by atoms with Crippen LogP contribution in [0.4, 0.5) is 0 Å². The molecule has 0 aromatic rings. The third-order valence-electron chi connectivity index (χ3n) is 14.3. The van der Waals surface area contributed by atoms with Crippen LogP contribution in [0.1, 0.15) is 284 Å². The Morgan fingerprint density at radius 3 is 1.04 bits per heavy atom. The number of carbonyl (C=O) groups is 2. The van der Waals surface area contributed by atoms with E-state index in [1.165, 1.54) is 148 Å². The number of phosphoric ester groups is 1. The maximum absolute atomic E-state index is 12.8. The molecule has 0 aromatic heterocycles. The number of phosphoric acid groups is 1. The fourth-order valence-electron chi connectivity index (χ4n) is 9.18. The monoisotopic (exact) mass is 1160 g/mol. The highest BCUT2D eigenvalue weighted by Crippen LogP contribution is 2.38. The van der Waals surface area contributed by atoms with Gasteiger partial charge in [0.25, 0.3) is 7.82 Å². The van der Waals surface area contributed by atoms with Crippen LogP contribution in [0.3, 0.4) is 0 Å². The maximum atomic E-state index is 12.8. The van der Waals surface area contributed by atoms with Gasteiger partial charge in [-0.15, -0.1) is 0 Å². The Labute approximate surface area is 506 Å². The molecule has 0 aliphatic heterocycles. The standard InChI is InChI=1S/C72H126NO8P/c1-6-8-10-12-14-16-18-20-22-24-26-27-28-29-30-31-32-33-34-35-36-37-38-39-40-41-42-43-44-45-47-49-51-53-55-57-59-61-63-65-72(75)81-70(69-80-82(76,77)79-67-66-73(3,4)5)68-78-71(74)64-62-60-58-56-54-52-50-48-46-25-23-21-19-17-15-13-11-9-7-2/h8,10,14,16,20,22,26-27,29-30,32-33,35-36,38-39,41-42,70H,6-7,9,11-13,15,17-19,21,23-25,28,31,34,37,40,43-69H2,1-5H3/b10-8-,16-14-,22-20-,27-26-,30-29-,33-32-,36-35-,39-38-,42-41-. The molecule has 0 fully saturated rings. The van der Waals surface area contributed by atoms with Crippen molar-refractivity contribution in [2.75, 3.05) is 47.5 Å². The summed E-state index contributed by atoms with van der Waals surface area (Å²) in [6.07, 6.45) is 87.3. The average molecular weight is 1160 g/mol. The van der Waals surface area contributed by atoms with Crippen LogP contribution in [-0.2, 0) is 32.7 Å². The zero-order valence-corrected chi connectivity index (χ0v) is 54.6. The highest BCUT2D eigenvalue weighted by atomic mass is 31.2. The Hall–Kier alpha value is -3.33. The van der Waals surface area contributed by atoms with Crippen LogP contribution in [0.15, 0.2) is 109 Å². The van der Waals surface area contributed by atoms with Crippen LogP contribution in [0.2, 0.25) is 0 Å². The van der Waals surface area contributed by atoms with Crippen molar-refractivity contribution in [3.63, 3.8) is 0 Å². The number of carbonyl (C=O) groups excluding carboxylic acids is 2. The Morgan fingerprint density at radius 1 is 0.390 bits per heavy atom. The Morgan fingerprint density at radius 2 is 0.695 bits per heavy atom. The molecular formula is C72H126NO8P. The normalized spacial score (nSPS) is 13.9. The lowest BCUT2D eigenvalue weighted by molar-refractivity contribution is -0.870. The predicted octanol–water partition coefficient (Wildman–Crippen LogP) is 21.1. The van der Waals surface area contributed by atoms with E-state index >= 15 is 0 Å². The summed E-state index contributed by atoms with van der Waals surface area (Å²) >= 11 is 0. The van der Waals surface area contributed by atoms with Crippen molar-refractivity contribution < 1.29 is 42.1 Å². The van der Waals surface area contributed by atoms with Gasteiger partial charge in [-0.2, -0.15) is 0 Å². The van der Waals surface area contributed by atoms with Crippen LogP contribution >= 0.6 is 7.82 Å². The first-order chi connectivity index (χ1) is 40.0. The van der Waals surface area contributed by atoms with Crippen molar-refractivity contribution in [2.45, 2.75) is 290 Å². The molecule has 2 atom stereocenters. The highest BCUT2D eigenvalue weighted by molar-refractivity contribution is 7.45. The molecule has 0 saturated carbocycles. The van der Waals surface area contributed by atoms with Crippen molar-refractivity contribution >= 4 is 19.8 Å². The van der Waals surface area contributed by atoms with Gasteiger partial charge in [0.1, 0.15) is 19.8 Å². The minimum atomic E-state index is -4.64. The van der Waals surface area contributed by atoms with E-state index in [9.17, 15) is 19.0 Å². The quantitative estimate of drug-likeness (QED) is 0.0195. The van der Waals surface area contributed by atoms with Crippen LogP contribution in [-0.4, -0.2) is 70.0 Å². The average Bonchev–Trinajstić information content (AvgIpc) is 3.46. The minimum absolute atomic E-state index is 0.0338. The minimum Gasteiger partial charge on any atom is -0.756 e. The molecule has 0 amide bonds. The van der Waals surface area contributed by atoms with Crippen molar-refractivity contribution in [1.82, 2.24) is 0 Å². The lowest BCUT2D eigenvalue weighted by atomic mass is 10.0. The molecule has 0 rings (SSSR count). The summed E-state index contributed by atoms with van der Waals surface area (Å²) in [5.41, 5.74) is 0. The van der Waals surface area contributed by atoms with E-state index in [1.54, 1.807) is 0 Å². The summed E-state index contributed by atoms with van der Waals surface area (Å²) in [5.74, 6) is -0.830. The molecule has 0 heterocycles. The molecule has 0 aromatic carbocycles. The van der Waals surface area contributed by atoms with Crippen molar-refractivity contribution in [3.05, 3.63) is 109 Å². The summed E-state index contributed by atoms with van der Waals surface area (Å²) in [6.45, 7) is 4.15. The SMILES string of the molecule is CC/C=C\C/C=C\C/C=C\C/C=C\C/C=C\C/C=C\C/C=C\C/C=C\C/C=C\CCCCCCCCCCCCCC(=O)OC(COC(=O)CCCCCCCCCCCCCCCCCCCCC)COP(=O)([O-])OCC[N+](C)(C)C. The molecule has 0 spiro atoms. The first kappa shape index (κ1) is 78.7. The van der Waals surface area contributed by atoms with Gasteiger partial charge in [-0.25, -0.2) is 0 Å². The molecule has 0 radical (unpaired) electrons. The van der Waals surface area contributed by atoms with E-state index in [2.05, 4.69) is 123 Å². The first-order valence-electron chi connectivity index (χ1n) is 33.6. The molecule has 2 unspecified atom stereocenters.